The predicted molar refractivity (Wildman–Crippen MR) is 86.3 cm³/mol. The van der Waals surface area contributed by atoms with E-state index in [1.165, 1.54) is 6.92 Å². The molecule has 0 aromatic rings. The van der Waals surface area contributed by atoms with Crippen molar-refractivity contribution in [3.05, 3.63) is 23.8 Å². The van der Waals surface area contributed by atoms with Gasteiger partial charge in [-0.05, 0) is 32.8 Å². The Balaban J connectivity index is 2.87. The molecule has 0 amide bonds. The second-order valence-electron chi connectivity index (χ2n) is 5.34. The van der Waals surface area contributed by atoms with Gasteiger partial charge in [-0.1, -0.05) is 34.2 Å². The molecule has 4 nitrogen and oxygen atoms in total. The molecule has 0 aliphatic heterocycles. The van der Waals surface area contributed by atoms with Gasteiger partial charge in [-0.2, -0.15) is 0 Å². The Morgan fingerprint density at radius 1 is 1.52 bits per heavy atom. The second kappa shape index (κ2) is 8.71. The molecule has 1 aliphatic rings. The van der Waals surface area contributed by atoms with Gasteiger partial charge < -0.3 is 14.2 Å². The van der Waals surface area contributed by atoms with Crippen LogP contribution < -0.4 is 0 Å². The van der Waals surface area contributed by atoms with Gasteiger partial charge in [-0.25, -0.2) is 0 Å². The lowest BCUT2D eigenvalue weighted by molar-refractivity contribution is -0.159. The highest BCUT2D eigenvalue weighted by Crippen LogP contribution is 2.33. The summed E-state index contributed by atoms with van der Waals surface area (Å²) in [5.74, 6) is -0.153. The van der Waals surface area contributed by atoms with Crippen LogP contribution in [0, 0.1) is 5.92 Å². The number of alkyl halides is 1. The molecule has 0 heterocycles. The van der Waals surface area contributed by atoms with E-state index in [1.807, 2.05) is 26.8 Å². The van der Waals surface area contributed by atoms with Crippen LogP contribution in [0.2, 0.25) is 0 Å². The first kappa shape index (κ1) is 18.4. The number of carbonyl (C=O) groups excluding carboxylic acids is 1. The third-order valence-corrected chi connectivity index (χ3v) is 4.06. The monoisotopic (exact) mass is 360 g/mol. The lowest BCUT2D eigenvalue weighted by atomic mass is 9.82. The van der Waals surface area contributed by atoms with Crippen molar-refractivity contribution in [3.8, 4) is 0 Å². The molecular weight excluding hydrogens is 336 g/mol. The van der Waals surface area contributed by atoms with Gasteiger partial charge in [0.15, 0.2) is 6.29 Å². The van der Waals surface area contributed by atoms with Crippen molar-refractivity contribution in [2.75, 3.05) is 11.9 Å². The van der Waals surface area contributed by atoms with E-state index in [1.54, 1.807) is 0 Å². The van der Waals surface area contributed by atoms with Crippen molar-refractivity contribution in [1.29, 1.82) is 0 Å². The van der Waals surface area contributed by atoms with E-state index in [2.05, 4.69) is 22.5 Å². The first-order chi connectivity index (χ1) is 9.88. The summed E-state index contributed by atoms with van der Waals surface area (Å²) in [6.45, 7) is 11.9. The van der Waals surface area contributed by atoms with Crippen molar-refractivity contribution >= 4 is 21.9 Å². The maximum atomic E-state index is 11.2. The number of carbonyl (C=O) groups is 1. The summed E-state index contributed by atoms with van der Waals surface area (Å²) in [6, 6.07) is 0. The number of hydrogen-bond acceptors (Lipinski definition) is 4. The quantitative estimate of drug-likeness (QED) is 0.301. The van der Waals surface area contributed by atoms with Crippen LogP contribution in [0.15, 0.2) is 23.8 Å². The summed E-state index contributed by atoms with van der Waals surface area (Å²) in [7, 11) is 0. The summed E-state index contributed by atoms with van der Waals surface area (Å²) < 4.78 is 16.9. The summed E-state index contributed by atoms with van der Waals surface area (Å²) >= 11 is 3.40. The number of halogens is 1. The van der Waals surface area contributed by atoms with E-state index in [-0.39, 0.29) is 30.4 Å². The Hall–Kier alpha value is -0.650. The van der Waals surface area contributed by atoms with Crippen molar-refractivity contribution in [1.82, 2.24) is 0 Å². The minimum atomic E-state index is -0.295. The predicted octanol–water partition coefficient (Wildman–Crippen LogP) is 3.60. The van der Waals surface area contributed by atoms with E-state index in [0.717, 1.165) is 11.1 Å². The Kier molecular flexibility index (Phi) is 7.63. The third-order valence-electron chi connectivity index (χ3n) is 3.53. The molecule has 0 spiro atoms. The molecule has 1 aliphatic carbocycles. The van der Waals surface area contributed by atoms with Gasteiger partial charge in [-0.3, -0.25) is 4.79 Å². The van der Waals surface area contributed by atoms with Gasteiger partial charge in [0.2, 0.25) is 0 Å². The fourth-order valence-electron chi connectivity index (χ4n) is 2.47. The third kappa shape index (κ3) is 5.57. The second-order valence-corrected chi connectivity index (χ2v) is 5.98. The fourth-order valence-corrected chi connectivity index (χ4v) is 2.81. The molecule has 120 valence electrons. The largest absolute Gasteiger partial charge is 0.458 e. The maximum Gasteiger partial charge on any atom is 0.303 e. The Labute approximate surface area is 135 Å². The average molecular weight is 361 g/mol. The van der Waals surface area contributed by atoms with Crippen molar-refractivity contribution < 1.29 is 19.0 Å². The minimum absolute atomic E-state index is 0.108. The SMILES string of the molecule is C=C(C)[C@H]1C[C@H](OC(C)=O)C(C)=C[C@H]1OC(CBr)OCC. The van der Waals surface area contributed by atoms with E-state index in [9.17, 15) is 4.79 Å². The number of hydrogen-bond donors (Lipinski definition) is 0. The van der Waals surface area contributed by atoms with E-state index in [0.29, 0.717) is 18.4 Å². The first-order valence-corrected chi connectivity index (χ1v) is 8.35. The van der Waals surface area contributed by atoms with Gasteiger partial charge in [0.05, 0.1) is 11.4 Å². The molecule has 4 atom stereocenters. The standard InChI is InChI=1S/C16H25BrO4/c1-6-19-16(9-17)21-15-7-11(4)14(20-12(5)18)8-13(15)10(2)3/h7,13-16H,2,6,8-9H2,1,3-5H3/t13-,14+,15-,16?/m1/s1. The lowest BCUT2D eigenvalue weighted by Gasteiger charge is -2.36. The molecule has 1 unspecified atom stereocenters. The molecule has 0 N–H and O–H groups in total. The average Bonchev–Trinajstić information content (AvgIpc) is 2.40. The Bertz CT molecular complexity index is 405. The van der Waals surface area contributed by atoms with Crippen LogP contribution in [0.1, 0.15) is 34.1 Å². The summed E-state index contributed by atoms with van der Waals surface area (Å²) in [5, 5.41) is 0.612. The van der Waals surface area contributed by atoms with Crippen molar-refractivity contribution in [2.45, 2.75) is 52.6 Å². The van der Waals surface area contributed by atoms with Crippen LogP contribution >= 0.6 is 15.9 Å². The highest BCUT2D eigenvalue weighted by Gasteiger charge is 2.33. The zero-order valence-corrected chi connectivity index (χ0v) is 14.8. The van der Waals surface area contributed by atoms with Crippen LogP contribution in [0.25, 0.3) is 0 Å². The molecule has 21 heavy (non-hydrogen) atoms. The molecule has 0 radical (unpaired) electrons. The highest BCUT2D eigenvalue weighted by atomic mass is 79.9. The Morgan fingerprint density at radius 3 is 2.67 bits per heavy atom. The van der Waals surface area contributed by atoms with Gasteiger partial charge in [0.25, 0.3) is 0 Å². The molecule has 1 rings (SSSR count). The number of rotatable bonds is 7. The molecule has 0 fully saturated rings. The lowest BCUT2D eigenvalue weighted by Crippen LogP contribution is -2.38. The molecule has 0 aromatic carbocycles. The van der Waals surface area contributed by atoms with Crippen molar-refractivity contribution in [2.24, 2.45) is 5.92 Å². The first-order valence-electron chi connectivity index (χ1n) is 7.23. The summed E-state index contributed by atoms with van der Waals surface area (Å²) in [6.07, 6.45) is 2.12. The van der Waals surface area contributed by atoms with Gasteiger partial charge >= 0.3 is 5.97 Å². The van der Waals surface area contributed by atoms with Gasteiger partial charge in [-0.15, -0.1) is 0 Å². The molecule has 0 bridgehead atoms. The van der Waals surface area contributed by atoms with E-state index in [4.69, 9.17) is 14.2 Å². The zero-order valence-electron chi connectivity index (χ0n) is 13.2. The molecular formula is C16H25BrO4. The topological polar surface area (TPSA) is 44.8 Å². The normalized spacial score (nSPS) is 26.9. The number of esters is 1. The van der Waals surface area contributed by atoms with Gasteiger partial charge in [0, 0.05) is 19.4 Å². The van der Waals surface area contributed by atoms with E-state index < -0.39 is 0 Å². The minimum Gasteiger partial charge on any atom is -0.458 e. The van der Waals surface area contributed by atoms with E-state index >= 15 is 0 Å². The highest BCUT2D eigenvalue weighted by molar-refractivity contribution is 9.09. The molecule has 5 heteroatoms. The summed E-state index contributed by atoms with van der Waals surface area (Å²) in [5.41, 5.74) is 2.03. The van der Waals surface area contributed by atoms with Crippen LogP contribution in [0.3, 0.4) is 0 Å². The van der Waals surface area contributed by atoms with Gasteiger partial charge in [0.1, 0.15) is 6.10 Å². The zero-order chi connectivity index (χ0) is 16.0. The molecule has 0 aromatic heterocycles. The van der Waals surface area contributed by atoms with Crippen molar-refractivity contribution in [3.63, 3.8) is 0 Å². The number of ether oxygens (including phenoxy) is 3. The molecule has 0 saturated heterocycles. The molecule has 0 saturated carbocycles. The Morgan fingerprint density at radius 2 is 2.19 bits per heavy atom. The van der Waals surface area contributed by atoms with Crippen LogP contribution in [0.4, 0.5) is 0 Å². The maximum absolute atomic E-state index is 11.2. The fraction of sp³-hybridized carbons (Fsp3) is 0.688. The summed E-state index contributed by atoms with van der Waals surface area (Å²) in [4.78, 5) is 11.2. The smallest absolute Gasteiger partial charge is 0.303 e. The van der Waals surface area contributed by atoms with Crippen LogP contribution in [-0.4, -0.2) is 36.4 Å². The van der Waals surface area contributed by atoms with Crippen LogP contribution in [-0.2, 0) is 19.0 Å². The van der Waals surface area contributed by atoms with Crippen LogP contribution in [0.5, 0.6) is 0 Å².